The zero-order valence-corrected chi connectivity index (χ0v) is 20.3. The van der Waals surface area contributed by atoms with Crippen molar-refractivity contribution in [1.29, 1.82) is 0 Å². The van der Waals surface area contributed by atoms with E-state index in [1.807, 2.05) is 12.3 Å². The molecule has 5 heterocycles. The molecular formula is C25H28F2N6OS. The Hall–Kier alpha value is -2.66. The molecule has 0 aliphatic carbocycles. The van der Waals surface area contributed by atoms with Gasteiger partial charge in [-0.2, -0.15) is 0 Å². The Morgan fingerprint density at radius 1 is 1.00 bits per heavy atom. The molecule has 2 aliphatic heterocycles. The molecule has 184 valence electrons. The second kappa shape index (κ2) is 9.77. The van der Waals surface area contributed by atoms with Crippen LogP contribution in [0.4, 0.5) is 14.6 Å². The third-order valence-electron chi connectivity index (χ3n) is 6.83. The van der Waals surface area contributed by atoms with Crippen molar-refractivity contribution in [2.24, 2.45) is 0 Å². The molecular weight excluding hydrogens is 470 g/mol. The smallest absolute Gasteiger partial charge is 0.163 e. The lowest BCUT2D eigenvalue weighted by Gasteiger charge is -2.33. The summed E-state index contributed by atoms with van der Waals surface area (Å²) in [6.07, 6.45) is 1.81. The molecule has 0 spiro atoms. The fraction of sp³-hybridized carbons (Fsp3) is 0.440. The van der Waals surface area contributed by atoms with Gasteiger partial charge < -0.3 is 14.6 Å². The average Bonchev–Trinajstić information content (AvgIpc) is 3.51. The second-order valence-electron chi connectivity index (χ2n) is 9.10. The van der Waals surface area contributed by atoms with Gasteiger partial charge in [0.05, 0.1) is 23.4 Å². The third-order valence-corrected chi connectivity index (χ3v) is 7.94. The quantitative estimate of drug-likeness (QED) is 0.435. The van der Waals surface area contributed by atoms with Crippen molar-refractivity contribution in [3.63, 3.8) is 0 Å². The molecule has 1 N–H and O–H groups in total. The topological polar surface area (TPSA) is 60.5 Å². The summed E-state index contributed by atoms with van der Waals surface area (Å²) in [6.45, 7) is 7.55. The lowest BCUT2D eigenvalue weighted by Crippen LogP contribution is -2.46. The highest BCUT2D eigenvalue weighted by Gasteiger charge is 2.23. The number of aromatic nitrogens is 3. The van der Waals surface area contributed by atoms with Gasteiger partial charge in [-0.3, -0.25) is 9.80 Å². The van der Waals surface area contributed by atoms with E-state index in [9.17, 15) is 8.78 Å². The number of piperazine rings is 1. The van der Waals surface area contributed by atoms with Crippen LogP contribution >= 0.6 is 11.3 Å². The highest BCUT2D eigenvalue weighted by molar-refractivity contribution is 7.19. The number of benzene rings is 1. The number of H-pyrrole nitrogens is 1. The van der Waals surface area contributed by atoms with Gasteiger partial charge in [-0.1, -0.05) is 0 Å². The first-order chi connectivity index (χ1) is 17.2. The fourth-order valence-electron chi connectivity index (χ4n) is 4.98. The van der Waals surface area contributed by atoms with E-state index in [1.165, 1.54) is 17.0 Å². The number of rotatable bonds is 6. The van der Waals surface area contributed by atoms with E-state index in [0.29, 0.717) is 31.1 Å². The Bertz CT molecular complexity index is 1330. The maximum Gasteiger partial charge on any atom is 0.163 e. The number of morpholine rings is 1. The lowest BCUT2D eigenvalue weighted by molar-refractivity contribution is 0.122. The van der Waals surface area contributed by atoms with Crippen molar-refractivity contribution in [3.8, 4) is 11.4 Å². The van der Waals surface area contributed by atoms with Crippen molar-refractivity contribution in [1.82, 2.24) is 24.8 Å². The standard InChI is InChI=1S/C25H28F2N6OS/c26-2-4-31-5-7-32(8-6-31)16-18-15-22-23(35-18)25(33-9-11-34-12-10-33)30-24(29-22)20-13-17(27)14-21-19(20)1-3-28-21/h1,3,13-15,28H,2,4-12,16H2. The van der Waals surface area contributed by atoms with Crippen LogP contribution in [0, 0.1) is 5.82 Å². The van der Waals surface area contributed by atoms with Crippen LogP contribution in [-0.2, 0) is 11.3 Å². The van der Waals surface area contributed by atoms with E-state index in [1.54, 1.807) is 11.3 Å². The number of hydrogen-bond donors (Lipinski definition) is 1. The van der Waals surface area contributed by atoms with Crippen LogP contribution in [0.25, 0.3) is 32.5 Å². The van der Waals surface area contributed by atoms with Crippen LogP contribution in [0.1, 0.15) is 4.88 Å². The molecule has 7 nitrogen and oxygen atoms in total. The normalized spacial score (nSPS) is 18.2. The Morgan fingerprint density at radius 2 is 1.80 bits per heavy atom. The molecule has 0 atom stereocenters. The van der Waals surface area contributed by atoms with Gasteiger partial charge in [0.25, 0.3) is 0 Å². The lowest BCUT2D eigenvalue weighted by atomic mass is 10.1. The largest absolute Gasteiger partial charge is 0.378 e. The number of hydrogen-bond acceptors (Lipinski definition) is 7. The summed E-state index contributed by atoms with van der Waals surface area (Å²) in [7, 11) is 0. The molecule has 0 bridgehead atoms. The van der Waals surface area contributed by atoms with Gasteiger partial charge in [-0.05, 0) is 24.3 Å². The van der Waals surface area contributed by atoms with Crippen LogP contribution in [0.15, 0.2) is 30.5 Å². The number of anilines is 1. The molecule has 0 radical (unpaired) electrons. The van der Waals surface area contributed by atoms with Gasteiger partial charge >= 0.3 is 0 Å². The minimum Gasteiger partial charge on any atom is -0.378 e. The number of nitrogens with zero attached hydrogens (tertiary/aromatic N) is 5. The van der Waals surface area contributed by atoms with Gasteiger partial charge in [-0.25, -0.2) is 18.7 Å². The molecule has 0 amide bonds. The molecule has 10 heteroatoms. The SMILES string of the molecule is FCCN1CCN(Cc2cc3nc(-c4cc(F)cc5[nH]ccc45)nc(N4CCOCC4)c3s2)CC1. The van der Waals surface area contributed by atoms with E-state index in [0.717, 1.165) is 72.8 Å². The van der Waals surface area contributed by atoms with Crippen LogP contribution in [0.3, 0.4) is 0 Å². The summed E-state index contributed by atoms with van der Waals surface area (Å²) in [5.74, 6) is 1.11. The first-order valence-electron chi connectivity index (χ1n) is 12.1. The Labute approximate surface area is 206 Å². The number of nitrogens with one attached hydrogen (secondary N) is 1. The maximum atomic E-state index is 14.4. The van der Waals surface area contributed by atoms with Crippen molar-refractivity contribution < 1.29 is 13.5 Å². The van der Waals surface area contributed by atoms with Crippen LogP contribution < -0.4 is 4.90 Å². The van der Waals surface area contributed by atoms with Gasteiger partial charge in [-0.15, -0.1) is 11.3 Å². The number of halogens is 2. The predicted octanol–water partition coefficient (Wildman–Crippen LogP) is 3.90. The first-order valence-corrected chi connectivity index (χ1v) is 12.9. The van der Waals surface area contributed by atoms with Crippen LogP contribution in [-0.4, -0.2) is 90.5 Å². The summed E-state index contributed by atoms with van der Waals surface area (Å²) in [5.41, 5.74) is 2.31. The number of thiophene rings is 1. The molecule has 0 unspecified atom stereocenters. The molecule has 35 heavy (non-hydrogen) atoms. The van der Waals surface area contributed by atoms with Crippen LogP contribution in [0.5, 0.6) is 0 Å². The summed E-state index contributed by atoms with van der Waals surface area (Å²) >= 11 is 1.73. The van der Waals surface area contributed by atoms with E-state index in [-0.39, 0.29) is 12.5 Å². The number of aromatic amines is 1. The molecule has 6 rings (SSSR count). The minimum atomic E-state index is -0.315. The van der Waals surface area contributed by atoms with Crippen molar-refractivity contribution in [2.75, 3.05) is 70.6 Å². The molecule has 4 aromatic rings. The van der Waals surface area contributed by atoms with Gasteiger partial charge in [0.1, 0.15) is 12.5 Å². The number of fused-ring (bicyclic) bond motifs is 2. The number of alkyl halides is 1. The molecule has 2 fully saturated rings. The third kappa shape index (κ3) is 4.63. The monoisotopic (exact) mass is 498 g/mol. The molecule has 0 saturated carbocycles. The van der Waals surface area contributed by atoms with Gasteiger partial charge in [0, 0.05) is 79.9 Å². The second-order valence-corrected chi connectivity index (χ2v) is 10.2. The summed E-state index contributed by atoms with van der Waals surface area (Å²) in [4.78, 5) is 21.1. The summed E-state index contributed by atoms with van der Waals surface area (Å²) in [5, 5.41) is 0.903. The van der Waals surface area contributed by atoms with Crippen molar-refractivity contribution in [3.05, 3.63) is 41.2 Å². The Balaban J connectivity index is 1.37. The fourth-order valence-corrected chi connectivity index (χ4v) is 6.13. The highest BCUT2D eigenvalue weighted by atomic mass is 32.1. The molecule has 2 saturated heterocycles. The average molecular weight is 499 g/mol. The zero-order chi connectivity index (χ0) is 23.8. The predicted molar refractivity (Wildman–Crippen MR) is 135 cm³/mol. The molecule has 1 aromatic carbocycles. The number of ether oxygens (including phenoxy) is 1. The first kappa shape index (κ1) is 22.8. The summed E-state index contributed by atoms with van der Waals surface area (Å²) < 4.78 is 33.7. The summed E-state index contributed by atoms with van der Waals surface area (Å²) in [6, 6.07) is 7.10. The molecule has 3 aromatic heterocycles. The maximum absolute atomic E-state index is 14.4. The Kier molecular flexibility index (Phi) is 6.36. The van der Waals surface area contributed by atoms with E-state index < -0.39 is 0 Å². The molecule has 2 aliphatic rings. The van der Waals surface area contributed by atoms with E-state index >= 15 is 0 Å². The zero-order valence-electron chi connectivity index (χ0n) is 19.5. The van der Waals surface area contributed by atoms with Crippen molar-refractivity contribution >= 4 is 38.3 Å². The van der Waals surface area contributed by atoms with Crippen LogP contribution in [0.2, 0.25) is 0 Å². The Morgan fingerprint density at radius 3 is 2.60 bits per heavy atom. The van der Waals surface area contributed by atoms with Gasteiger partial charge in [0.15, 0.2) is 11.6 Å². The van der Waals surface area contributed by atoms with E-state index in [2.05, 4.69) is 25.8 Å². The van der Waals surface area contributed by atoms with Crippen molar-refractivity contribution in [2.45, 2.75) is 6.54 Å². The minimum absolute atomic E-state index is 0.290. The highest BCUT2D eigenvalue weighted by Crippen LogP contribution is 2.36. The van der Waals surface area contributed by atoms with Gasteiger partial charge in [0.2, 0.25) is 0 Å². The van der Waals surface area contributed by atoms with E-state index in [4.69, 9.17) is 14.7 Å².